The molecule has 0 saturated heterocycles. The van der Waals surface area contributed by atoms with Gasteiger partial charge in [-0.3, -0.25) is 0 Å². The van der Waals surface area contributed by atoms with E-state index in [0.717, 1.165) is 19.3 Å². The number of carboxylic acids is 1. The molecular weight excluding hydrogens is 208 g/mol. The molecule has 3 N–H and O–H groups in total. The molecule has 0 aromatic carbocycles. The molecule has 1 aliphatic rings. The Morgan fingerprint density at radius 3 is 2.56 bits per heavy atom. The lowest BCUT2D eigenvalue weighted by Gasteiger charge is -2.14. The van der Waals surface area contributed by atoms with Crippen LogP contribution in [-0.4, -0.2) is 29.2 Å². The van der Waals surface area contributed by atoms with Crippen molar-refractivity contribution in [1.29, 1.82) is 0 Å². The Morgan fingerprint density at radius 1 is 1.50 bits per heavy atom. The number of carboxylic acid groups (broad SMARTS) is 1. The monoisotopic (exact) mass is 228 g/mol. The van der Waals surface area contributed by atoms with Crippen LogP contribution in [0.2, 0.25) is 0 Å². The maximum Gasteiger partial charge on any atom is 0.326 e. The lowest BCUT2D eigenvalue weighted by molar-refractivity contribution is -0.139. The Bertz CT molecular complexity index is 268. The van der Waals surface area contributed by atoms with E-state index >= 15 is 0 Å². The fraction of sp³-hybridized carbons (Fsp3) is 0.818. The first-order valence-electron chi connectivity index (χ1n) is 5.84. The van der Waals surface area contributed by atoms with Gasteiger partial charge in [0.15, 0.2) is 0 Å². The van der Waals surface area contributed by atoms with E-state index in [1.807, 2.05) is 6.92 Å². The number of hydrogen-bond acceptors (Lipinski definition) is 2. The average Bonchev–Trinajstić information content (AvgIpc) is 2.88. The molecule has 0 aromatic heterocycles. The SMILES string of the molecule is CCCC[C@H](NC(=O)NC1CC1C)C(=O)O. The van der Waals surface area contributed by atoms with E-state index in [4.69, 9.17) is 5.11 Å². The van der Waals surface area contributed by atoms with Crippen LogP contribution in [0.25, 0.3) is 0 Å². The van der Waals surface area contributed by atoms with Gasteiger partial charge in [-0.05, 0) is 18.8 Å². The molecule has 0 aromatic rings. The van der Waals surface area contributed by atoms with Gasteiger partial charge < -0.3 is 15.7 Å². The van der Waals surface area contributed by atoms with Crippen LogP contribution in [-0.2, 0) is 4.79 Å². The van der Waals surface area contributed by atoms with Gasteiger partial charge in [0.25, 0.3) is 0 Å². The number of nitrogens with one attached hydrogen (secondary N) is 2. The highest BCUT2D eigenvalue weighted by Gasteiger charge is 2.34. The second-order valence-electron chi connectivity index (χ2n) is 4.47. The number of urea groups is 1. The summed E-state index contributed by atoms with van der Waals surface area (Å²) in [6.45, 7) is 4.04. The number of amides is 2. The van der Waals surface area contributed by atoms with Crippen molar-refractivity contribution in [3.8, 4) is 0 Å². The van der Waals surface area contributed by atoms with Crippen LogP contribution in [0, 0.1) is 5.92 Å². The molecule has 5 heteroatoms. The second-order valence-corrected chi connectivity index (χ2v) is 4.47. The second kappa shape index (κ2) is 5.72. The zero-order valence-corrected chi connectivity index (χ0v) is 9.82. The average molecular weight is 228 g/mol. The molecular formula is C11H20N2O3. The Labute approximate surface area is 95.6 Å². The summed E-state index contributed by atoms with van der Waals surface area (Å²) in [5.74, 6) is -0.447. The van der Waals surface area contributed by atoms with Crippen molar-refractivity contribution in [3.05, 3.63) is 0 Å². The minimum absolute atomic E-state index is 0.223. The third-order valence-corrected chi connectivity index (χ3v) is 2.88. The first kappa shape index (κ1) is 12.8. The fourth-order valence-corrected chi connectivity index (χ4v) is 1.56. The van der Waals surface area contributed by atoms with E-state index in [0.29, 0.717) is 12.3 Å². The Hall–Kier alpha value is -1.26. The minimum atomic E-state index is -0.965. The third kappa shape index (κ3) is 4.08. The van der Waals surface area contributed by atoms with Gasteiger partial charge in [-0.2, -0.15) is 0 Å². The number of carbonyl (C=O) groups is 2. The van der Waals surface area contributed by atoms with Crippen molar-refractivity contribution in [2.45, 2.75) is 51.6 Å². The highest BCUT2D eigenvalue weighted by atomic mass is 16.4. The van der Waals surface area contributed by atoms with Crippen LogP contribution in [0.5, 0.6) is 0 Å². The normalized spacial score (nSPS) is 24.6. The molecule has 0 radical (unpaired) electrons. The van der Waals surface area contributed by atoms with Crippen molar-refractivity contribution in [1.82, 2.24) is 10.6 Å². The van der Waals surface area contributed by atoms with Gasteiger partial charge in [0.05, 0.1) is 0 Å². The number of unbranched alkanes of at least 4 members (excludes halogenated alkanes) is 1. The molecule has 2 unspecified atom stereocenters. The summed E-state index contributed by atoms with van der Waals surface area (Å²) in [5, 5.41) is 14.2. The van der Waals surface area contributed by atoms with E-state index in [2.05, 4.69) is 17.6 Å². The van der Waals surface area contributed by atoms with Gasteiger partial charge in [-0.15, -0.1) is 0 Å². The molecule has 1 fully saturated rings. The number of rotatable bonds is 6. The summed E-state index contributed by atoms with van der Waals surface area (Å²) in [6, 6.07) is -0.910. The predicted molar refractivity (Wildman–Crippen MR) is 60.2 cm³/mol. The van der Waals surface area contributed by atoms with Gasteiger partial charge in [0.1, 0.15) is 6.04 Å². The summed E-state index contributed by atoms with van der Waals surface area (Å²) in [7, 11) is 0. The van der Waals surface area contributed by atoms with Crippen LogP contribution >= 0.6 is 0 Å². The summed E-state index contributed by atoms with van der Waals surface area (Å²) in [4.78, 5) is 22.3. The Morgan fingerprint density at radius 2 is 2.12 bits per heavy atom. The van der Waals surface area contributed by atoms with Crippen LogP contribution in [0.3, 0.4) is 0 Å². The molecule has 3 atom stereocenters. The molecule has 0 bridgehead atoms. The van der Waals surface area contributed by atoms with E-state index in [-0.39, 0.29) is 12.1 Å². The summed E-state index contributed by atoms with van der Waals surface area (Å²) in [6.07, 6.45) is 3.20. The molecule has 1 saturated carbocycles. The van der Waals surface area contributed by atoms with E-state index in [1.165, 1.54) is 0 Å². The Balaban J connectivity index is 2.29. The third-order valence-electron chi connectivity index (χ3n) is 2.88. The zero-order valence-electron chi connectivity index (χ0n) is 9.82. The highest BCUT2D eigenvalue weighted by Crippen LogP contribution is 2.28. The van der Waals surface area contributed by atoms with E-state index in [1.54, 1.807) is 0 Å². The standard InChI is InChI=1S/C11H20N2O3/c1-3-4-5-8(10(14)15)12-11(16)13-9-6-7(9)2/h7-9H,3-6H2,1-2H3,(H,14,15)(H2,12,13,16)/t7?,8-,9?/m0/s1. The van der Waals surface area contributed by atoms with Crippen LogP contribution in [0.1, 0.15) is 39.5 Å². The maximum atomic E-state index is 11.4. The molecule has 2 amide bonds. The van der Waals surface area contributed by atoms with Gasteiger partial charge >= 0.3 is 12.0 Å². The molecule has 0 aliphatic heterocycles. The van der Waals surface area contributed by atoms with E-state index < -0.39 is 12.0 Å². The number of hydrogen-bond donors (Lipinski definition) is 3. The maximum absolute atomic E-state index is 11.4. The van der Waals surface area contributed by atoms with Gasteiger partial charge in [-0.25, -0.2) is 9.59 Å². The molecule has 0 heterocycles. The lowest BCUT2D eigenvalue weighted by atomic mass is 10.1. The van der Waals surface area contributed by atoms with Crippen LogP contribution < -0.4 is 10.6 Å². The van der Waals surface area contributed by atoms with Crippen molar-refractivity contribution < 1.29 is 14.7 Å². The predicted octanol–water partition coefficient (Wildman–Crippen LogP) is 1.34. The van der Waals surface area contributed by atoms with Gasteiger partial charge in [0, 0.05) is 6.04 Å². The first-order chi connectivity index (χ1) is 7.54. The fourth-order valence-electron chi connectivity index (χ4n) is 1.56. The molecule has 5 nitrogen and oxygen atoms in total. The minimum Gasteiger partial charge on any atom is -0.480 e. The van der Waals surface area contributed by atoms with E-state index in [9.17, 15) is 9.59 Å². The van der Waals surface area contributed by atoms with Crippen molar-refractivity contribution in [2.75, 3.05) is 0 Å². The summed E-state index contributed by atoms with van der Waals surface area (Å²) in [5.41, 5.74) is 0. The molecule has 1 rings (SSSR count). The first-order valence-corrected chi connectivity index (χ1v) is 5.84. The summed E-state index contributed by atoms with van der Waals surface area (Å²) < 4.78 is 0. The topological polar surface area (TPSA) is 78.4 Å². The van der Waals surface area contributed by atoms with Gasteiger partial charge in [-0.1, -0.05) is 26.7 Å². The molecule has 0 spiro atoms. The quantitative estimate of drug-likeness (QED) is 0.642. The largest absolute Gasteiger partial charge is 0.480 e. The van der Waals surface area contributed by atoms with Crippen molar-refractivity contribution in [3.63, 3.8) is 0 Å². The van der Waals surface area contributed by atoms with Crippen LogP contribution in [0.15, 0.2) is 0 Å². The lowest BCUT2D eigenvalue weighted by Crippen LogP contribution is -2.46. The number of carbonyl (C=O) groups excluding carboxylic acids is 1. The summed E-state index contributed by atoms with van der Waals surface area (Å²) >= 11 is 0. The molecule has 92 valence electrons. The van der Waals surface area contributed by atoms with Gasteiger partial charge in [0.2, 0.25) is 0 Å². The van der Waals surface area contributed by atoms with Crippen molar-refractivity contribution in [2.24, 2.45) is 5.92 Å². The molecule has 16 heavy (non-hydrogen) atoms. The Kier molecular flexibility index (Phi) is 4.58. The number of aliphatic carboxylic acids is 1. The smallest absolute Gasteiger partial charge is 0.326 e. The highest BCUT2D eigenvalue weighted by molar-refractivity contribution is 5.82. The zero-order chi connectivity index (χ0) is 12.1. The molecule has 1 aliphatic carbocycles. The van der Waals surface area contributed by atoms with Crippen molar-refractivity contribution >= 4 is 12.0 Å². The van der Waals surface area contributed by atoms with Crippen LogP contribution in [0.4, 0.5) is 4.79 Å².